The third-order valence-corrected chi connectivity index (χ3v) is 3.25. The summed E-state index contributed by atoms with van der Waals surface area (Å²) in [5.41, 5.74) is 1.41. The number of halogens is 1. The summed E-state index contributed by atoms with van der Waals surface area (Å²) in [6, 6.07) is 15.1. The van der Waals surface area contributed by atoms with Crippen molar-refractivity contribution in [3.63, 3.8) is 0 Å². The zero-order valence-corrected chi connectivity index (χ0v) is 11.3. The van der Waals surface area contributed by atoms with Crippen molar-refractivity contribution in [1.82, 2.24) is 9.97 Å². The first-order valence-corrected chi connectivity index (χ1v) is 6.53. The van der Waals surface area contributed by atoms with E-state index in [0.717, 1.165) is 5.56 Å². The largest absolute Gasteiger partial charge is 0.306 e. The molecule has 0 amide bonds. The molecule has 20 heavy (non-hydrogen) atoms. The number of nitrogens with one attached hydrogen (secondary N) is 1. The molecule has 0 aliphatic carbocycles. The summed E-state index contributed by atoms with van der Waals surface area (Å²) in [6.45, 7) is 0. The highest BCUT2D eigenvalue weighted by Gasteiger charge is 2.05. The Morgan fingerprint density at radius 3 is 2.60 bits per heavy atom. The Labute approximate surface area is 120 Å². The van der Waals surface area contributed by atoms with E-state index < -0.39 is 0 Å². The number of aromatic nitrogens is 2. The predicted molar refractivity (Wildman–Crippen MR) is 82.7 cm³/mol. The van der Waals surface area contributed by atoms with Gasteiger partial charge in [-0.3, -0.25) is 4.79 Å². The molecule has 3 aromatic rings. The number of benzene rings is 2. The highest BCUT2D eigenvalue weighted by atomic mass is 35.5. The molecule has 2 aromatic carbocycles. The van der Waals surface area contributed by atoms with Crippen molar-refractivity contribution in [2.24, 2.45) is 0 Å². The van der Waals surface area contributed by atoms with Gasteiger partial charge in [0.2, 0.25) is 0 Å². The van der Waals surface area contributed by atoms with Crippen LogP contribution in [0, 0.1) is 0 Å². The zero-order chi connectivity index (χ0) is 13.9. The van der Waals surface area contributed by atoms with Crippen LogP contribution in [0.4, 0.5) is 0 Å². The first-order valence-electron chi connectivity index (χ1n) is 6.16. The second kappa shape index (κ2) is 5.31. The van der Waals surface area contributed by atoms with Gasteiger partial charge in [0.25, 0.3) is 5.56 Å². The number of rotatable bonds is 2. The molecule has 0 saturated carbocycles. The Morgan fingerprint density at radius 2 is 1.80 bits per heavy atom. The molecule has 0 saturated heterocycles. The van der Waals surface area contributed by atoms with E-state index in [4.69, 9.17) is 11.6 Å². The number of H-pyrrole nitrogens is 1. The molecule has 0 atom stereocenters. The Bertz CT molecular complexity index is 838. The summed E-state index contributed by atoms with van der Waals surface area (Å²) >= 11 is 6.01. The fraction of sp³-hybridized carbons (Fsp3) is 0. The second-order valence-electron chi connectivity index (χ2n) is 4.33. The Kier molecular flexibility index (Phi) is 3.35. The van der Waals surface area contributed by atoms with E-state index in [0.29, 0.717) is 21.7 Å². The van der Waals surface area contributed by atoms with Gasteiger partial charge in [-0.05, 0) is 23.8 Å². The molecule has 3 nitrogen and oxygen atoms in total. The van der Waals surface area contributed by atoms with E-state index in [1.165, 1.54) is 0 Å². The Hall–Kier alpha value is -2.39. The van der Waals surface area contributed by atoms with Gasteiger partial charge in [0.05, 0.1) is 15.9 Å². The summed E-state index contributed by atoms with van der Waals surface area (Å²) in [5.74, 6) is 0.508. The molecular formula is C16H11ClN2O. The first kappa shape index (κ1) is 12.6. The molecule has 1 heterocycles. The molecule has 3 rings (SSSR count). The minimum absolute atomic E-state index is 0.228. The van der Waals surface area contributed by atoms with Gasteiger partial charge in [0.15, 0.2) is 0 Å². The Morgan fingerprint density at radius 1 is 1.00 bits per heavy atom. The lowest BCUT2D eigenvalue weighted by molar-refractivity contribution is 1.14. The van der Waals surface area contributed by atoms with Gasteiger partial charge < -0.3 is 4.98 Å². The number of aromatic amines is 1. The first-order chi connectivity index (χ1) is 9.74. The lowest BCUT2D eigenvalue weighted by atomic mass is 10.2. The number of hydrogen-bond donors (Lipinski definition) is 1. The molecule has 98 valence electrons. The monoisotopic (exact) mass is 282 g/mol. The van der Waals surface area contributed by atoms with Crippen molar-refractivity contribution in [3.05, 3.63) is 75.3 Å². The van der Waals surface area contributed by atoms with Crippen LogP contribution in [0.1, 0.15) is 11.4 Å². The standard InChI is InChI=1S/C16H11ClN2O/c17-12-7-4-8-13-15(12)16(20)19-14(18-13)10-9-11-5-2-1-3-6-11/h1-10H,(H,18,19,20)/b10-9+. The number of fused-ring (bicyclic) bond motifs is 1. The fourth-order valence-corrected chi connectivity index (χ4v) is 2.24. The van der Waals surface area contributed by atoms with Crippen LogP contribution in [0.3, 0.4) is 0 Å². The quantitative estimate of drug-likeness (QED) is 0.778. The van der Waals surface area contributed by atoms with Crippen molar-refractivity contribution in [2.75, 3.05) is 0 Å². The van der Waals surface area contributed by atoms with Crippen molar-refractivity contribution in [2.45, 2.75) is 0 Å². The third kappa shape index (κ3) is 2.49. The second-order valence-corrected chi connectivity index (χ2v) is 4.74. The van der Waals surface area contributed by atoms with Crippen LogP contribution >= 0.6 is 11.6 Å². The topological polar surface area (TPSA) is 45.8 Å². The van der Waals surface area contributed by atoms with E-state index in [1.807, 2.05) is 36.4 Å². The summed E-state index contributed by atoms with van der Waals surface area (Å²) in [5, 5.41) is 0.834. The van der Waals surface area contributed by atoms with Crippen LogP contribution in [0.25, 0.3) is 23.1 Å². The minimum atomic E-state index is -0.228. The van der Waals surface area contributed by atoms with Gasteiger partial charge in [-0.25, -0.2) is 4.98 Å². The van der Waals surface area contributed by atoms with Crippen LogP contribution in [0.2, 0.25) is 5.02 Å². The molecule has 0 aliphatic rings. The van der Waals surface area contributed by atoms with Gasteiger partial charge in [0, 0.05) is 0 Å². The van der Waals surface area contributed by atoms with E-state index in [-0.39, 0.29) is 5.56 Å². The van der Waals surface area contributed by atoms with Gasteiger partial charge in [0.1, 0.15) is 5.82 Å². The summed E-state index contributed by atoms with van der Waals surface area (Å²) in [7, 11) is 0. The highest BCUT2D eigenvalue weighted by molar-refractivity contribution is 6.35. The van der Waals surface area contributed by atoms with E-state index >= 15 is 0 Å². The maximum atomic E-state index is 12.0. The van der Waals surface area contributed by atoms with E-state index in [1.54, 1.807) is 24.3 Å². The van der Waals surface area contributed by atoms with Gasteiger partial charge in [-0.2, -0.15) is 0 Å². The predicted octanol–water partition coefficient (Wildman–Crippen LogP) is 3.75. The molecule has 1 N–H and O–H groups in total. The highest BCUT2D eigenvalue weighted by Crippen LogP contribution is 2.18. The zero-order valence-electron chi connectivity index (χ0n) is 10.5. The van der Waals surface area contributed by atoms with Crippen molar-refractivity contribution in [3.8, 4) is 0 Å². The lowest BCUT2D eigenvalue weighted by Crippen LogP contribution is -2.10. The number of hydrogen-bond acceptors (Lipinski definition) is 2. The maximum absolute atomic E-state index is 12.0. The molecule has 0 bridgehead atoms. The molecule has 4 heteroatoms. The third-order valence-electron chi connectivity index (χ3n) is 2.93. The van der Waals surface area contributed by atoms with Crippen LogP contribution in [-0.4, -0.2) is 9.97 Å². The van der Waals surface area contributed by atoms with Gasteiger partial charge >= 0.3 is 0 Å². The van der Waals surface area contributed by atoms with Gasteiger partial charge in [-0.15, -0.1) is 0 Å². The molecule has 0 unspecified atom stereocenters. The molecular weight excluding hydrogens is 272 g/mol. The lowest BCUT2D eigenvalue weighted by Gasteiger charge is -2.00. The summed E-state index contributed by atoms with van der Waals surface area (Å²) < 4.78 is 0. The molecule has 0 spiro atoms. The minimum Gasteiger partial charge on any atom is -0.306 e. The van der Waals surface area contributed by atoms with E-state index in [9.17, 15) is 4.79 Å². The van der Waals surface area contributed by atoms with Crippen molar-refractivity contribution >= 4 is 34.7 Å². The van der Waals surface area contributed by atoms with Crippen LogP contribution < -0.4 is 5.56 Å². The molecule has 0 radical (unpaired) electrons. The SMILES string of the molecule is O=c1[nH]c(/C=C/c2ccccc2)nc2cccc(Cl)c12. The van der Waals surface area contributed by atoms with Crippen molar-refractivity contribution in [1.29, 1.82) is 0 Å². The van der Waals surface area contributed by atoms with Crippen molar-refractivity contribution < 1.29 is 0 Å². The number of nitrogens with zero attached hydrogens (tertiary/aromatic N) is 1. The van der Waals surface area contributed by atoms with Crippen LogP contribution in [0.15, 0.2) is 53.3 Å². The average Bonchev–Trinajstić information content (AvgIpc) is 2.46. The fourth-order valence-electron chi connectivity index (χ4n) is 1.99. The maximum Gasteiger partial charge on any atom is 0.260 e. The normalized spacial score (nSPS) is 11.2. The average molecular weight is 283 g/mol. The smallest absolute Gasteiger partial charge is 0.260 e. The van der Waals surface area contributed by atoms with E-state index in [2.05, 4.69) is 9.97 Å². The summed E-state index contributed by atoms with van der Waals surface area (Å²) in [6.07, 6.45) is 3.67. The molecule has 0 aliphatic heterocycles. The van der Waals surface area contributed by atoms with Gasteiger partial charge in [-0.1, -0.05) is 54.1 Å². The Balaban J connectivity index is 2.06. The molecule has 0 fully saturated rings. The van der Waals surface area contributed by atoms with Crippen LogP contribution in [-0.2, 0) is 0 Å². The molecule has 1 aromatic heterocycles. The van der Waals surface area contributed by atoms with Crippen LogP contribution in [0.5, 0.6) is 0 Å². The summed E-state index contributed by atoms with van der Waals surface area (Å²) in [4.78, 5) is 19.1.